The summed E-state index contributed by atoms with van der Waals surface area (Å²) in [7, 11) is 0. The van der Waals surface area contributed by atoms with Crippen LogP contribution in [0.15, 0.2) is 18.3 Å². The number of ether oxygens (including phenoxy) is 1. The highest BCUT2D eigenvalue weighted by Gasteiger charge is 2.20. The smallest absolute Gasteiger partial charge is 0.272 e. The van der Waals surface area contributed by atoms with Gasteiger partial charge in [0.15, 0.2) is 6.61 Å². The van der Waals surface area contributed by atoms with Crippen LogP contribution < -0.4 is 15.4 Å². The fourth-order valence-electron chi connectivity index (χ4n) is 2.24. The third-order valence-corrected chi connectivity index (χ3v) is 3.36. The van der Waals surface area contributed by atoms with Crippen LogP contribution in [0.1, 0.15) is 18.4 Å². The molecular weight excluding hydrogens is 280 g/mol. The van der Waals surface area contributed by atoms with E-state index in [1.807, 2.05) is 0 Å². The molecule has 0 unspecified atom stereocenters. The van der Waals surface area contributed by atoms with Crippen molar-refractivity contribution in [1.29, 1.82) is 0 Å². The molecule has 1 saturated heterocycles. The predicted octanol–water partition coefficient (Wildman–Crippen LogP) is 1.34. The molecule has 0 saturated carbocycles. The standard InChI is InChI=1S/C14H19F2N3O2/c15-12(16)9-21-14-11(2-1-5-18-14)8-19-13(20)10-3-6-17-7-4-10/h1-2,5,10,12,17H,3-4,6-9H2,(H,19,20). The Morgan fingerprint density at radius 2 is 2.24 bits per heavy atom. The van der Waals surface area contributed by atoms with Gasteiger partial charge in [-0.05, 0) is 32.0 Å². The molecule has 0 aromatic carbocycles. The van der Waals surface area contributed by atoms with Crippen LogP contribution in [0.4, 0.5) is 8.78 Å². The van der Waals surface area contributed by atoms with Crippen LogP contribution in [0, 0.1) is 5.92 Å². The van der Waals surface area contributed by atoms with Crippen molar-refractivity contribution >= 4 is 5.91 Å². The monoisotopic (exact) mass is 299 g/mol. The first-order valence-corrected chi connectivity index (χ1v) is 7.00. The number of nitrogens with zero attached hydrogens (tertiary/aromatic N) is 1. The third-order valence-electron chi connectivity index (χ3n) is 3.36. The number of rotatable bonds is 6. The number of alkyl halides is 2. The molecule has 2 heterocycles. The molecule has 0 spiro atoms. The zero-order valence-electron chi connectivity index (χ0n) is 11.6. The molecule has 0 aliphatic carbocycles. The second-order valence-corrected chi connectivity index (χ2v) is 4.91. The van der Waals surface area contributed by atoms with Crippen molar-refractivity contribution in [2.24, 2.45) is 5.92 Å². The van der Waals surface area contributed by atoms with E-state index < -0.39 is 13.0 Å². The molecule has 1 aromatic heterocycles. The largest absolute Gasteiger partial charge is 0.471 e. The Balaban J connectivity index is 1.88. The van der Waals surface area contributed by atoms with Gasteiger partial charge in [0.2, 0.25) is 11.8 Å². The van der Waals surface area contributed by atoms with Crippen LogP contribution in [0.2, 0.25) is 0 Å². The van der Waals surface area contributed by atoms with Crippen molar-refractivity contribution in [1.82, 2.24) is 15.6 Å². The summed E-state index contributed by atoms with van der Waals surface area (Å²) in [5.41, 5.74) is 0.598. The van der Waals surface area contributed by atoms with E-state index in [-0.39, 0.29) is 24.2 Å². The van der Waals surface area contributed by atoms with Crippen LogP contribution in [0.5, 0.6) is 5.88 Å². The fraction of sp³-hybridized carbons (Fsp3) is 0.571. The molecule has 0 atom stereocenters. The maximum absolute atomic E-state index is 12.2. The molecule has 0 radical (unpaired) electrons. The lowest BCUT2D eigenvalue weighted by atomic mass is 9.97. The van der Waals surface area contributed by atoms with E-state index in [1.165, 1.54) is 6.20 Å². The second kappa shape index (κ2) is 7.87. The number of carbonyl (C=O) groups is 1. The number of pyridine rings is 1. The maximum Gasteiger partial charge on any atom is 0.272 e. The highest BCUT2D eigenvalue weighted by atomic mass is 19.3. The first-order valence-electron chi connectivity index (χ1n) is 7.00. The molecule has 21 heavy (non-hydrogen) atoms. The van der Waals surface area contributed by atoms with Gasteiger partial charge in [-0.3, -0.25) is 4.79 Å². The summed E-state index contributed by atoms with van der Waals surface area (Å²) in [6.45, 7) is 1.21. The summed E-state index contributed by atoms with van der Waals surface area (Å²) in [6, 6.07) is 3.39. The summed E-state index contributed by atoms with van der Waals surface area (Å²) >= 11 is 0. The van der Waals surface area contributed by atoms with E-state index in [1.54, 1.807) is 12.1 Å². The number of hydrogen-bond donors (Lipinski definition) is 2. The van der Waals surface area contributed by atoms with E-state index in [9.17, 15) is 13.6 Å². The minimum absolute atomic E-state index is 0.00774. The topological polar surface area (TPSA) is 63.2 Å². The lowest BCUT2D eigenvalue weighted by Crippen LogP contribution is -2.37. The Morgan fingerprint density at radius 1 is 1.48 bits per heavy atom. The van der Waals surface area contributed by atoms with Crippen molar-refractivity contribution in [3.05, 3.63) is 23.9 Å². The van der Waals surface area contributed by atoms with Crippen LogP contribution in [-0.4, -0.2) is 37.0 Å². The Labute approximate surface area is 122 Å². The summed E-state index contributed by atoms with van der Waals surface area (Å²) in [5, 5.41) is 6.02. The molecule has 2 rings (SSSR count). The average Bonchev–Trinajstić information content (AvgIpc) is 2.52. The molecule has 116 valence electrons. The molecule has 5 nitrogen and oxygen atoms in total. The lowest BCUT2D eigenvalue weighted by Gasteiger charge is -2.22. The van der Waals surface area contributed by atoms with Gasteiger partial charge in [0.25, 0.3) is 6.43 Å². The lowest BCUT2D eigenvalue weighted by molar-refractivity contribution is -0.125. The minimum Gasteiger partial charge on any atom is -0.471 e. The molecule has 2 N–H and O–H groups in total. The van der Waals surface area contributed by atoms with Crippen molar-refractivity contribution in [2.75, 3.05) is 19.7 Å². The van der Waals surface area contributed by atoms with E-state index in [0.29, 0.717) is 5.56 Å². The van der Waals surface area contributed by atoms with Crippen LogP contribution in [-0.2, 0) is 11.3 Å². The number of carbonyl (C=O) groups excluding carboxylic acids is 1. The molecule has 1 aliphatic heterocycles. The fourth-order valence-corrected chi connectivity index (χ4v) is 2.24. The quantitative estimate of drug-likeness (QED) is 0.832. The van der Waals surface area contributed by atoms with Crippen LogP contribution >= 0.6 is 0 Å². The maximum atomic E-state index is 12.2. The van der Waals surface area contributed by atoms with Gasteiger partial charge in [-0.15, -0.1) is 0 Å². The van der Waals surface area contributed by atoms with E-state index in [2.05, 4.69) is 15.6 Å². The number of piperidine rings is 1. The van der Waals surface area contributed by atoms with Crippen molar-refractivity contribution in [3.63, 3.8) is 0 Å². The van der Waals surface area contributed by atoms with Crippen LogP contribution in [0.3, 0.4) is 0 Å². The number of halogens is 2. The Morgan fingerprint density at radius 3 is 2.95 bits per heavy atom. The Hall–Kier alpha value is -1.76. The highest BCUT2D eigenvalue weighted by molar-refractivity contribution is 5.78. The third kappa shape index (κ3) is 4.93. The normalized spacial score (nSPS) is 16.0. The molecule has 0 bridgehead atoms. The van der Waals surface area contributed by atoms with Gasteiger partial charge in [-0.25, -0.2) is 13.8 Å². The van der Waals surface area contributed by atoms with Gasteiger partial charge in [0.05, 0.1) is 0 Å². The van der Waals surface area contributed by atoms with Gasteiger partial charge in [0, 0.05) is 24.2 Å². The minimum atomic E-state index is -2.55. The average molecular weight is 299 g/mol. The van der Waals surface area contributed by atoms with E-state index in [4.69, 9.17) is 4.74 Å². The molecule has 1 aliphatic rings. The SMILES string of the molecule is O=C(NCc1cccnc1OCC(F)F)C1CCNCC1. The summed E-state index contributed by atoms with van der Waals surface area (Å²) in [4.78, 5) is 16.0. The highest BCUT2D eigenvalue weighted by Crippen LogP contribution is 2.16. The zero-order valence-corrected chi connectivity index (χ0v) is 11.6. The summed E-state index contributed by atoms with van der Waals surface area (Å²) < 4.78 is 29.3. The van der Waals surface area contributed by atoms with Gasteiger partial charge in [-0.2, -0.15) is 0 Å². The first kappa shape index (κ1) is 15.6. The Kier molecular flexibility index (Phi) is 5.86. The molecular formula is C14H19F2N3O2. The van der Waals surface area contributed by atoms with E-state index in [0.717, 1.165) is 25.9 Å². The zero-order chi connectivity index (χ0) is 15.1. The summed E-state index contributed by atoms with van der Waals surface area (Å²) in [6.07, 6.45) is 0.546. The van der Waals surface area contributed by atoms with Crippen molar-refractivity contribution in [2.45, 2.75) is 25.8 Å². The molecule has 1 fully saturated rings. The van der Waals surface area contributed by atoms with Crippen molar-refractivity contribution < 1.29 is 18.3 Å². The summed E-state index contributed by atoms with van der Waals surface area (Å²) in [5.74, 6) is 0.136. The van der Waals surface area contributed by atoms with Gasteiger partial charge >= 0.3 is 0 Å². The number of amides is 1. The molecule has 1 amide bonds. The molecule has 7 heteroatoms. The van der Waals surface area contributed by atoms with E-state index >= 15 is 0 Å². The Bertz CT molecular complexity index is 465. The first-order chi connectivity index (χ1) is 10.2. The number of aromatic nitrogens is 1. The predicted molar refractivity (Wildman–Crippen MR) is 73.2 cm³/mol. The number of hydrogen-bond acceptors (Lipinski definition) is 4. The van der Waals surface area contributed by atoms with Gasteiger partial charge in [-0.1, -0.05) is 6.07 Å². The molecule has 1 aromatic rings. The van der Waals surface area contributed by atoms with Crippen molar-refractivity contribution in [3.8, 4) is 5.88 Å². The van der Waals surface area contributed by atoms with Gasteiger partial charge < -0.3 is 15.4 Å². The second-order valence-electron chi connectivity index (χ2n) is 4.91. The number of nitrogens with one attached hydrogen (secondary N) is 2. The van der Waals surface area contributed by atoms with Gasteiger partial charge in [0.1, 0.15) is 0 Å². The van der Waals surface area contributed by atoms with Crippen LogP contribution in [0.25, 0.3) is 0 Å².